The van der Waals surface area contributed by atoms with Crippen molar-refractivity contribution in [2.75, 3.05) is 17.3 Å². The van der Waals surface area contributed by atoms with Crippen LogP contribution in [0.2, 0.25) is 0 Å². The summed E-state index contributed by atoms with van der Waals surface area (Å²) >= 11 is 5.91. The number of methoxy groups -OCH3 is 1. The van der Waals surface area contributed by atoms with Crippen LogP contribution in [0, 0.1) is 13.8 Å². The Morgan fingerprint density at radius 3 is 2.46 bits per heavy atom. The number of aromatic nitrogens is 2. The van der Waals surface area contributed by atoms with Gasteiger partial charge < -0.3 is 24.8 Å². The lowest BCUT2D eigenvalue weighted by molar-refractivity contribution is -0.114. The van der Waals surface area contributed by atoms with Gasteiger partial charge in [0.15, 0.2) is 5.11 Å². The standard InChI is InChI=1S/C29H29N5O2S/c1-18-16-23(19(2)33(18)21-10-6-5-7-11-21)28-27(24-12-8-9-15-30-24)32-29(37)34(28)22-13-14-26(36-4)25(17-22)31-20(3)35/h5-17,27-28H,1-4H3,(H,31,35)(H,32,37)/t27-,28-/m1/s1. The van der Waals surface area contributed by atoms with Gasteiger partial charge in [-0.3, -0.25) is 9.78 Å². The van der Waals surface area contributed by atoms with E-state index in [1.165, 1.54) is 6.92 Å². The van der Waals surface area contributed by atoms with Crippen molar-refractivity contribution in [1.82, 2.24) is 14.9 Å². The van der Waals surface area contributed by atoms with Gasteiger partial charge in [-0.2, -0.15) is 0 Å². The maximum absolute atomic E-state index is 11.9. The molecule has 1 aliphatic rings. The Morgan fingerprint density at radius 1 is 1.03 bits per heavy atom. The number of amides is 1. The van der Waals surface area contributed by atoms with Gasteiger partial charge in [-0.15, -0.1) is 0 Å². The van der Waals surface area contributed by atoms with Gasteiger partial charge in [0.05, 0.1) is 30.6 Å². The van der Waals surface area contributed by atoms with Crippen LogP contribution in [-0.4, -0.2) is 27.7 Å². The molecular weight excluding hydrogens is 482 g/mol. The van der Waals surface area contributed by atoms with Crippen LogP contribution in [0.25, 0.3) is 5.69 Å². The third-order valence-corrected chi connectivity index (χ3v) is 6.99. The predicted molar refractivity (Wildman–Crippen MR) is 150 cm³/mol. The molecule has 1 fully saturated rings. The molecular formula is C29H29N5O2S. The maximum atomic E-state index is 11.9. The average molecular weight is 512 g/mol. The van der Waals surface area contributed by atoms with Crippen molar-refractivity contribution in [3.8, 4) is 11.4 Å². The Kier molecular flexibility index (Phi) is 6.67. The number of rotatable bonds is 6. The number of anilines is 2. The van der Waals surface area contributed by atoms with E-state index in [1.807, 2.05) is 54.6 Å². The molecule has 7 nitrogen and oxygen atoms in total. The van der Waals surface area contributed by atoms with Gasteiger partial charge >= 0.3 is 0 Å². The molecule has 0 spiro atoms. The molecule has 0 aliphatic carbocycles. The SMILES string of the molecule is COc1ccc(N2C(=S)N[C@H](c3ccccn3)[C@H]2c2cc(C)n(-c3ccccc3)c2C)cc1NC(C)=O. The van der Waals surface area contributed by atoms with E-state index >= 15 is 0 Å². The number of benzene rings is 2. The van der Waals surface area contributed by atoms with Gasteiger partial charge in [0.25, 0.3) is 0 Å². The van der Waals surface area contributed by atoms with E-state index in [2.05, 4.69) is 57.1 Å². The number of thiocarbonyl (C=S) groups is 1. The zero-order valence-electron chi connectivity index (χ0n) is 21.2. The monoisotopic (exact) mass is 511 g/mol. The number of ether oxygens (including phenoxy) is 1. The second-order valence-electron chi connectivity index (χ2n) is 9.06. The summed E-state index contributed by atoms with van der Waals surface area (Å²) in [6.07, 6.45) is 1.80. The van der Waals surface area contributed by atoms with E-state index in [1.54, 1.807) is 13.3 Å². The zero-order chi connectivity index (χ0) is 26.1. The molecule has 8 heteroatoms. The molecule has 2 aromatic carbocycles. The van der Waals surface area contributed by atoms with Gasteiger partial charge in [-0.1, -0.05) is 24.3 Å². The van der Waals surface area contributed by atoms with Crippen LogP contribution in [-0.2, 0) is 4.79 Å². The molecule has 0 radical (unpaired) electrons. The fourth-order valence-corrected chi connectivity index (χ4v) is 5.49. The first-order valence-corrected chi connectivity index (χ1v) is 12.5. The van der Waals surface area contributed by atoms with E-state index in [-0.39, 0.29) is 18.0 Å². The molecule has 2 aromatic heterocycles. The first kappa shape index (κ1) is 24.5. The highest BCUT2D eigenvalue weighted by Crippen LogP contribution is 2.45. The van der Waals surface area contributed by atoms with Crippen LogP contribution in [0.3, 0.4) is 0 Å². The molecule has 4 aromatic rings. The van der Waals surface area contributed by atoms with E-state index in [9.17, 15) is 4.79 Å². The Bertz CT molecular complexity index is 1450. The molecule has 0 saturated carbocycles. The topological polar surface area (TPSA) is 71.4 Å². The molecule has 5 rings (SSSR count). The van der Waals surface area contributed by atoms with Crippen LogP contribution >= 0.6 is 12.2 Å². The minimum absolute atomic E-state index is 0.174. The number of para-hydroxylation sites is 1. The Balaban J connectivity index is 1.68. The minimum atomic E-state index is -0.176. The number of hydrogen-bond acceptors (Lipinski definition) is 4. The van der Waals surface area contributed by atoms with Gasteiger partial charge in [0.1, 0.15) is 5.75 Å². The number of nitrogens with zero attached hydrogens (tertiary/aromatic N) is 3. The second kappa shape index (κ2) is 10.1. The highest BCUT2D eigenvalue weighted by molar-refractivity contribution is 7.80. The van der Waals surface area contributed by atoms with Crippen LogP contribution in [0.15, 0.2) is 79.0 Å². The summed E-state index contributed by atoms with van der Waals surface area (Å²) in [5, 5.41) is 6.98. The predicted octanol–water partition coefficient (Wildman–Crippen LogP) is 5.63. The lowest BCUT2D eigenvalue weighted by Gasteiger charge is -2.29. The Morgan fingerprint density at radius 2 is 1.78 bits per heavy atom. The van der Waals surface area contributed by atoms with E-state index in [0.29, 0.717) is 16.5 Å². The molecule has 1 saturated heterocycles. The van der Waals surface area contributed by atoms with Crippen molar-refractivity contribution in [2.24, 2.45) is 0 Å². The lowest BCUT2D eigenvalue weighted by Crippen LogP contribution is -2.29. The third-order valence-electron chi connectivity index (χ3n) is 6.67. The van der Waals surface area contributed by atoms with Crippen LogP contribution < -0.4 is 20.3 Å². The summed E-state index contributed by atoms with van der Waals surface area (Å²) in [6, 6.07) is 23.8. The van der Waals surface area contributed by atoms with Crippen LogP contribution in [0.5, 0.6) is 5.75 Å². The van der Waals surface area contributed by atoms with Gasteiger partial charge in [-0.05, 0) is 80.2 Å². The van der Waals surface area contributed by atoms with Crippen molar-refractivity contribution in [2.45, 2.75) is 32.9 Å². The maximum Gasteiger partial charge on any atom is 0.221 e. The fraction of sp³-hybridized carbons (Fsp3) is 0.207. The van der Waals surface area contributed by atoms with Gasteiger partial charge in [-0.25, -0.2) is 0 Å². The Hall–Kier alpha value is -4.17. The van der Waals surface area contributed by atoms with E-state index in [0.717, 1.165) is 34.0 Å². The average Bonchev–Trinajstić information content (AvgIpc) is 3.39. The van der Waals surface area contributed by atoms with Gasteiger partial charge in [0, 0.05) is 35.9 Å². The molecule has 37 heavy (non-hydrogen) atoms. The number of pyridine rings is 1. The minimum Gasteiger partial charge on any atom is -0.495 e. The highest BCUT2D eigenvalue weighted by atomic mass is 32.1. The van der Waals surface area contributed by atoms with Crippen molar-refractivity contribution >= 4 is 34.6 Å². The van der Waals surface area contributed by atoms with Crippen molar-refractivity contribution in [3.05, 3.63) is 102 Å². The van der Waals surface area contributed by atoms with E-state index < -0.39 is 0 Å². The quantitative estimate of drug-likeness (QED) is 0.327. The smallest absolute Gasteiger partial charge is 0.221 e. The first-order valence-electron chi connectivity index (χ1n) is 12.1. The summed E-state index contributed by atoms with van der Waals surface area (Å²) in [4.78, 5) is 18.7. The molecule has 2 atom stereocenters. The van der Waals surface area contributed by atoms with Crippen molar-refractivity contribution in [3.63, 3.8) is 0 Å². The lowest BCUT2D eigenvalue weighted by atomic mass is 9.96. The van der Waals surface area contributed by atoms with E-state index in [4.69, 9.17) is 17.0 Å². The largest absolute Gasteiger partial charge is 0.495 e. The van der Waals surface area contributed by atoms with Crippen molar-refractivity contribution < 1.29 is 9.53 Å². The molecule has 1 aliphatic heterocycles. The summed E-state index contributed by atoms with van der Waals surface area (Å²) in [7, 11) is 1.58. The summed E-state index contributed by atoms with van der Waals surface area (Å²) in [5.74, 6) is 0.406. The number of carbonyl (C=O) groups excluding carboxylic acids is 1. The molecule has 2 N–H and O–H groups in total. The number of hydrogen-bond donors (Lipinski definition) is 2. The Labute approximate surface area is 222 Å². The van der Waals surface area contributed by atoms with Gasteiger partial charge in [0.2, 0.25) is 5.91 Å². The van der Waals surface area contributed by atoms with Crippen LogP contribution in [0.1, 0.15) is 41.7 Å². The zero-order valence-corrected chi connectivity index (χ0v) is 22.0. The second-order valence-corrected chi connectivity index (χ2v) is 9.45. The van der Waals surface area contributed by atoms with Crippen LogP contribution in [0.4, 0.5) is 11.4 Å². The molecule has 1 amide bonds. The molecule has 3 heterocycles. The normalized spacial score (nSPS) is 17.0. The summed E-state index contributed by atoms with van der Waals surface area (Å²) in [6.45, 7) is 5.74. The molecule has 0 unspecified atom stereocenters. The van der Waals surface area contributed by atoms with Crippen molar-refractivity contribution in [1.29, 1.82) is 0 Å². The molecule has 0 bridgehead atoms. The fourth-order valence-electron chi connectivity index (χ4n) is 5.14. The summed E-state index contributed by atoms with van der Waals surface area (Å²) < 4.78 is 7.75. The highest BCUT2D eigenvalue weighted by Gasteiger charge is 2.42. The molecule has 188 valence electrons. The number of nitrogens with one attached hydrogen (secondary N) is 2. The number of aryl methyl sites for hydroxylation is 1. The number of carbonyl (C=O) groups is 1. The third kappa shape index (κ3) is 4.56. The first-order chi connectivity index (χ1) is 17.9. The summed E-state index contributed by atoms with van der Waals surface area (Å²) in [5.41, 5.74) is 6.83.